The highest BCUT2D eigenvalue weighted by Gasteiger charge is 2.16. The monoisotopic (exact) mass is 408 g/mol. The zero-order valence-corrected chi connectivity index (χ0v) is 17.0. The number of aromatic nitrogens is 1. The maximum absolute atomic E-state index is 6.47. The topological polar surface area (TPSA) is 41.8 Å². The summed E-state index contributed by atoms with van der Waals surface area (Å²) < 4.78 is 0. The molecule has 0 spiro atoms. The summed E-state index contributed by atoms with van der Waals surface area (Å²) in [6.07, 6.45) is 2.96. The Bertz CT molecular complexity index is 1080. The molecule has 0 saturated heterocycles. The van der Waals surface area contributed by atoms with Crippen LogP contribution in [0, 0.1) is 0 Å². The highest BCUT2D eigenvalue weighted by molar-refractivity contribution is 6.38. The minimum absolute atomic E-state index is 0.648. The van der Waals surface area contributed by atoms with Crippen molar-refractivity contribution in [2.24, 2.45) is 5.73 Å². The molecule has 0 aliphatic heterocycles. The van der Waals surface area contributed by atoms with Gasteiger partial charge in [-0.25, -0.2) is 0 Å². The number of hydrogen-bond donors (Lipinski definition) is 2. The summed E-state index contributed by atoms with van der Waals surface area (Å²) in [5.41, 5.74) is 12.6. The zero-order valence-electron chi connectivity index (χ0n) is 15.5. The van der Waals surface area contributed by atoms with E-state index in [1.54, 1.807) is 6.07 Å². The molecule has 0 aliphatic carbocycles. The predicted molar refractivity (Wildman–Crippen MR) is 121 cm³/mol. The molecule has 0 bridgehead atoms. The smallest absolute Gasteiger partial charge is 0.0662 e. The summed E-state index contributed by atoms with van der Waals surface area (Å²) in [6.45, 7) is 0.699. The van der Waals surface area contributed by atoms with E-state index in [-0.39, 0.29) is 0 Å². The van der Waals surface area contributed by atoms with Crippen molar-refractivity contribution in [2.45, 2.75) is 19.3 Å². The number of H-pyrrole nitrogens is 1. The molecule has 0 amide bonds. The van der Waals surface area contributed by atoms with Gasteiger partial charge in [-0.15, -0.1) is 0 Å². The van der Waals surface area contributed by atoms with E-state index >= 15 is 0 Å². The molecule has 142 valence electrons. The molecule has 4 aromatic rings. The van der Waals surface area contributed by atoms with E-state index in [1.165, 1.54) is 16.7 Å². The van der Waals surface area contributed by atoms with Gasteiger partial charge in [0.2, 0.25) is 0 Å². The number of nitrogens with one attached hydrogen (secondary N) is 1. The number of nitrogens with two attached hydrogens (primary N) is 1. The Labute approximate surface area is 175 Å². The average molecular weight is 409 g/mol. The largest absolute Gasteiger partial charge is 0.353 e. The second kappa shape index (κ2) is 8.40. The first-order valence-electron chi connectivity index (χ1n) is 9.53. The van der Waals surface area contributed by atoms with E-state index in [1.807, 2.05) is 12.1 Å². The summed E-state index contributed by atoms with van der Waals surface area (Å²) >= 11 is 12.7. The van der Waals surface area contributed by atoms with Crippen LogP contribution in [-0.4, -0.2) is 11.5 Å². The Morgan fingerprint density at radius 3 is 2.18 bits per heavy atom. The number of rotatable bonds is 6. The molecule has 0 aliphatic rings. The van der Waals surface area contributed by atoms with Gasteiger partial charge in [-0.1, -0.05) is 77.8 Å². The van der Waals surface area contributed by atoms with Crippen molar-refractivity contribution in [1.82, 2.24) is 4.98 Å². The van der Waals surface area contributed by atoms with Gasteiger partial charge in [0.15, 0.2) is 0 Å². The molecule has 4 heteroatoms. The second-order valence-corrected chi connectivity index (χ2v) is 7.82. The number of benzene rings is 3. The van der Waals surface area contributed by atoms with Crippen molar-refractivity contribution in [3.8, 4) is 22.4 Å². The first-order valence-corrected chi connectivity index (χ1v) is 10.3. The summed E-state index contributed by atoms with van der Waals surface area (Å²) in [4.78, 5) is 3.54. The standard InChI is InChI=1S/C24H22Cl2N2/c25-19-14-21-20(8-4-5-13-27)23(28-24(21)22(26)15-19)18-11-9-17(10-12-18)16-6-2-1-3-7-16/h1-3,6-7,9-12,14-15,28H,4-5,8,13,27H2. The van der Waals surface area contributed by atoms with Crippen molar-refractivity contribution in [2.75, 3.05) is 6.54 Å². The van der Waals surface area contributed by atoms with Crippen molar-refractivity contribution in [3.63, 3.8) is 0 Å². The molecule has 0 atom stereocenters. The Balaban J connectivity index is 1.78. The van der Waals surface area contributed by atoms with E-state index < -0.39 is 0 Å². The van der Waals surface area contributed by atoms with Gasteiger partial charge in [0.25, 0.3) is 0 Å². The maximum Gasteiger partial charge on any atom is 0.0662 e. The lowest BCUT2D eigenvalue weighted by atomic mass is 9.98. The van der Waals surface area contributed by atoms with E-state index in [2.05, 4.69) is 53.5 Å². The SMILES string of the molecule is NCCCCc1c(-c2ccc(-c3ccccc3)cc2)[nH]c2c(Cl)cc(Cl)cc12. The van der Waals surface area contributed by atoms with Crippen LogP contribution in [0.5, 0.6) is 0 Å². The maximum atomic E-state index is 6.47. The summed E-state index contributed by atoms with van der Waals surface area (Å²) in [5, 5.41) is 2.40. The molecule has 0 unspecified atom stereocenters. The highest BCUT2D eigenvalue weighted by atomic mass is 35.5. The Morgan fingerprint density at radius 1 is 0.786 bits per heavy atom. The first kappa shape index (κ1) is 19.1. The third-order valence-electron chi connectivity index (χ3n) is 5.09. The van der Waals surface area contributed by atoms with Crippen molar-refractivity contribution in [1.29, 1.82) is 0 Å². The normalized spacial score (nSPS) is 11.2. The van der Waals surface area contributed by atoms with E-state index in [9.17, 15) is 0 Å². The van der Waals surface area contributed by atoms with Crippen molar-refractivity contribution < 1.29 is 0 Å². The zero-order chi connectivity index (χ0) is 19.5. The summed E-state index contributed by atoms with van der Waals surface area (Å²) in [5.74, 6) is 0. The molecule has 0 radical (unpaired) electrons. The van der Waals surface area contributed by atoms with Crippen LogP contribution >= 0.6 is 23.2 Å². The molecule has 0 saturated carbocycles. The van der Waals surface area contributed by atoms with Gasteiger partial charge in [-0.05, 0) is 60.2 Å². The number of halogens is 2. The van der Waals surface area contributed by atoms with Crippen molar-refractivity contribution >= 4 is 34.1 Å². The average Bonchev–Trinajstić information content (AvgIpc) is 3.08. The predicted octanol–water partition coefficient (Wildman–Crippen LogP) is 7.09. The van der Waals surface area contributed by atoms with Gasteiger partial charge in [-0.3, -0.25) is 0 Å². The third kappa shape index (κ3) is 3.81. The van der Waals surface area contributed by atoms with Crippen LogP contribution in [0.25, 0.3) is 33.3 Å². The van der Waals surface area contributed by atoms with Crippen LogP contribution in [-0.2, 0) is 6.42 Å². The quantitative estimate of drug-likeness (QED) is 0.328. The minimum atomic E-state index is 0.648. The fourth-order valence-corrected chi connectivity index (χ4v) is 4.23. The van der Waals surface area contributed by atoms with Crippen molar-refractivity contribution in [3.05, 3.63) is 82.3 Å². The molecular weight excluding hydrogens is 387 g/mol. The number of hydrogen-bond acceptors (Lipinski definition) is 1. The fourth-order valence-electron chi connectivity index (χ4n) is 3.69. The lowest BCUT2D eigenvalue weighted by Gasteiger charge is -2.07. The highest BCUT2D eigenvalue weighted by Crippen LogP contribution is 2.37. The summed E-state index contributed by atoms with van der Waals surface area (Å²) in [6, 6.07) is 22.8. The number of aromatic amines is 1. The molecule has 4 rings (SSSR count). The van der Waals surface area contributed by atoms with Crippen LogP contribution in [0.2, 0.25) is 10.0 Å². The van der Waals surface area contributed by atoms with Crippen LogP contribution in [0.15, 0.2) is 66.7 Å². The molecule has 28 heavy (non-hydrogen) atoms. The number of unbranched alkanes of at least 4 members (excludes halogenated alkanes) is 1. The fraction of sp³-hybridized carbons (Fsp3) is 0.167. The van der Waals surface area contributed by atoms with Gasteiger partial charge < -0.3 is 10.7 Å². The number of aryl methyl sites for hydroxylation is 1. The lowest BCUT2D eigenvalue weighted by molar-refractivity contribution is 0.748. The van der Waals surface area contributed by atoms with Gasteiger partial charge in [-0.2, -0.15) is 0 Å². The Morgan fingerprint density at radius 2 is 1.46 bits per heavy atom. The van der Waals surface area contributed by atoms with E-state index in [0.29, 0.717) is 16.6 Å². The number of fused-ring (bicyclic) bond motifs is 1. The van der Waals surface area contributed by atoms with Gasteiger partial charge in [0, 0.05) is 16.1 Å². The van der Waals surface area contributed by atoms with Gasteiger partial charge in [0.05, 0.1) is 10.5 Å². The third-order valence-corrected chi connectivity index (χ3v) is 5.61. The van der Waals surface area contributed by atoms with Crippen LogP contribution in [0.4, 0.5) is 0 Å². The molecule has 1 aromatic heterocycles. The summed E-state index contributed by atoms with van der Waals surface area (Å²) in [7, 11) is 0. The molecule has 3 N–H and O–H groups in total. The van der Waals surface area contributed by atoms with Crippen LogP contribution in [0.3, 0.4) is 0 Å². The first-order chi connectivity index (χ1) is 13.7. The molecule has 3 aromatic carbocycles. The van der Waals surface area contributed by atoms with Crippen LogP contribution in [0.1, 0.15) is 18.4 Å². The molecular formula is C24H22Cl2N2. The minimum Gasteiger partial charge on any atom is -0.353 e. The second-order valence-electron chi connectivity index (χ2n) is 6.98. The van der Waals surface area contributed by atoms with E-state index in [4.69, 9.17) is 28.9 Å². The van der Waals surface area contributed by atoms with E-state index in [0.717, 1.165) is 41.4 Å². The lowest BCUT2D eigenvalue weighted by Crippen LogP contribution is -1.99. The van der Waals surface area contributed by atoms with Gasteiger partial charge in [0.1, 0.15) is 0 Å². The van der Waals surface area contributed by atoms with Gasteiger partial charge >= 0.3 is 0 Å². The van der Waals surface area contributed by atoms with Crippen LogP contribution < -0.4 is 5.73 Å². The molecule has 1 heterocycles. The molecule has 2 nitrogen and oxygen atoms in total. The Kier molecular flexibility index (Phi) is 5.72. The Hall–Kier alpha value is -2.26. The molecule has 0 fully saturated rings.